The molecule has 1 atom stereocenters. The summed E-state index contributed by atoms with van der Waals surface area (Å²) in [4.78, 5) is 13.5. The molecule has 0 aromatic heterocycles. The lowest BCUT2D eigenvalue weighted by atomic mass is 9.97. The van der Waals surface area contributed by atoms with Crippen LogP contribution in [-0.2, 0) is 6.42 Å². The van der Waals surface area contributed by atoms with Crippen LogP contribution in [0.1, 0.15) is 29.3 Å². The molecule has 0 saturated carbocycles. The number of nitrogens with zero attached hydrogens (tertiary/aromatic N) is 1. The highest BCUT2D eigenvalue weighted by molar-refractivity contribution is 5.93. The van der Waals surface area contributed by atoms with Crippen molar-refractivity contribution in [3.05, 3.63) is 35.4 Å². The van der Waals surface area contributed by atoms with E-state index in [0.29, 0.717) is 0 Å². The van der Waals surface area contributed by atoms with Crippen molar-refractivity contribution in [3.8, 4) is 0 Å². The molecular weight excluding hydrogens is 198 g/mol. The van der Waals surface area contributed by atoms with Crippen LogP contribution in [0.3, 0.4) is 0 Å². The van der Waals surface area contributed by atoms with Crippen molar-refractivity contribution < 1.29 is 4.79 Å². The van der Waals surface area contributed by atoms with Crippen LogP contribution < -0.4 is 0 Å². The number of Topliss-reactive ketones (excluding diaryl/α,β-unsaturated/α-hetero) is 1. The predicted octanol–water partition coefficient (Wildman–Crippen LogP) is 2.38. The van der Waals surface area contributed by atoms with Crippen LogP contribution in [0.4, 0.5) is 0 Å². The number of ketones is 1. The first-order chi connectivity index (χ1) is 7.65. The molecule has 2 heteroatoms. The number of likely N-dealkylation sites (tertiary alicyclic amines) is 1. The van der Waals surface area contributed by atoms with Gasteiger partial charge in [0.05, 0.1) is 0 Å². The number of carbonyl (C=O) groups excluding carboxylic acids is 1. The minimum absolute atomic E-state index is 0.146. The Kier molecular flexibility index (Phi) is 3.39. The van der Waals surface area contributed by atoms with Gasteiger partial charge in [0.25, 0.3) is 0 Å². The van der Waals surface area contributed by atoms with E-state index in [1.807, 2.05) is 12.1 Å². The summed E-state index contributed by atoms with van der Waals surface area (Å²) in [6.45, 7) is 4.03. The van der Waals surface area contributed by atoms with Crippen molar-refractivity contribution in [1.82, 2.24) is 4.90 Å². The topological polar surface area (TPSA) is 20.3 Å². The molecule has 2 nitrogen and oxygen atoms in total. The molecule has 1 aromatic rings. The molecule has 0 radical (unpaired) electrons. The van der Waals surface area contributed by atoms with E-state index in [9.17, 15) is 4.79 Å². The van der Waals surface area contributed by atoms with Crippen LogP contribution in [-0.4, -0.2) is 30.8 Å². The first-order valence-corrected chi connectivity index (χ1v) is 5.93. The molecule has 0 amide bonds. The van der Waals surface area contributed by atoms with Crippen LogP contribution in [0.15, 0.2) is 24.3 Å². The predicted molar refractivity (Wildman–Crippen MR) is 65.8 cm³/mol. The fourth-order valence-electron chi connectivity index (χ4n) is 2.40. The minimum atomic E-state index is 0.146. The highest BCUT2D eigenvalue weighted by atomic mass is 16.1. The molecule has 1 aliphatic rings. The molecule has 2 rings (SSSR count). The Labute approximate surface area is 97.3 Å². The van der Waals surface area contributed by atoms with Gasteiger partial charge in [0, 0.05) is 12.1 Å². The number of rotatable bonds is 3. The van der Waals surface area contributed by atoms with Gasteiger partial charge in [-0.2, -0.15) is 0 Å². The summed E-state index contributed by atoms with van der Waals surface area (Å²) in [5.74, 6) is 0.931. The smallest absolute Gasteiger partial charge is 0.159 e. The maximum Gasteiger partial charge on any atom is 0.159 e. The molecule has 0 bridgehead atoms. The van der Waals surface area contributed by atoms with Crippen molar-refractivity contribution in [2.45, 2.75) is 19.8 Å². The third-order valence-electron chi connectivity index (χ3n) is 3.37. The van der Waals surface area contributed by atoms with Crippen LogP contribution in [0, 0.1) is 5.92 Å². The molecular formula is C14H19NO. The second-order valence-corrected chi connectivity index (χ2v) is 4.87. The van der Waals surface area contributed by atoms with Gasteiger partial charge in [-0.05, 0) is 44.8 Å². The fourth-order valence-corrected chi connectivity index (χ4v) is 2.40. The summed E-state index contributed by atoms with van der Waals surface area (Å²) >= 11 is 0. The van der Waals surface area contributed by atoms with E-state index in [1.165, 1.54) is 25.1 Å². The average Bonchev–Trinajstić information content (AvgIpc) is 2.65. The summed E-state index contributed by atoms with van der Waals surface area (Å²) in [6.07, 6.45) is 2.44. The lowest BCUT2D eigenvalue weighted by Gasteiger charge is -2.10. The molecule has 1 heterocycles. The zero-order chi connectivity index (χ0) is 11.5. The molecule has 1 aromatic carbocycles. The second kappa shape index (κ2) is 4.79. The Morgan fingerprint density at radius 1 is 1.38 bits per heavy atom. The molecule has 1 fully saturated rings. The summed E-state index contributed by atoms with van der Waals surface area (Å²) < 4.78 is 0. The third kappa shape index (κ3) is 2.70. The summed E-state index contributed by atoms with van der Waals surface area (Å²) in [5.41, 5.74) is 2.16. The van der Waals surface area contributed by atoms with Gasteiger partial charge in [-0.1, -0.05) is 24.3 Å². The van der Waals surface area contributed by atoms with Crippen molar-refractivity contribution in [1.29, 1.82) is 0 Å². The Bertz CT molecular complexity index is 369. The summed E-state index contributed by atoms with van der Waals surface area (Å²) in [7, 11) is 2.18. The Balaban J connectivity index is 1.97. The second-order valence-electron chi connectivity index (χ2n) is 4.87. The van der Waals surface area contributed by atoms with Gasteiger partial charge in [0.2, 0.25) is 0 Å². The molecule has 1 saturated heterocycles. The zero-order valence-electron chi connectivity index (χ0n) is 10.1. The van der Waals surface area contributed by atoms with E-state index < -0.39 is 0 Å². The van der Waals surface area contributed by atoms with E-state index in [-0.39, 0.29) is 5.78 Å². The van der Waals surface area contributed by atoms with E-state index in [4.69, 9.17) is 0 Å². The van der Waals surface area contributed by atoms with Gasteiger partial charge in [-0.3, -0.25) is 4.79 Å². The fraction of sp³-hybridized carbons (Fsp3) is 0.500. The molecule has 0 spiro atoms. The van der Waals surface area contributed by atoms with Gasteiger partial charge in [0.15, 0.2) is 5.78 Å². The first-order valence-electron chi connectivity index (χ1n) is 5.93. The van der Waals surface area contributed by atoms with E-state index in [1.54, 1.807) is 6.92 Å². The Morgan fingerprint density at radius 3 is 2.56 bits per heavy atom. The van der Waals surface area contributed by atoms with Gasteiger partial charge >= 0.3 is 0 Å². The van der Waals surface area contributed by atoms with Crippen LogP contribution in [0.25, 0.3) is 0 Å². The van der Waals surface area contributed by atoms with Crippen molar-refractivity contribution >= 4 is 5.78 Å². The van der Waals surface area contributed by atoms with Gasteiger partial charge < -0.3 is 4.90 Å². The number of hydrogen-bond acceptors (Lipinski definition) is 2. The Hall–Kier alpha value is -1.15. The monoisotopic (exact) mass is 217 g/mol. The molecule has 0 aliphatic carbocycles. The molecule has 86 valence electrons. The molecule has 1 unspecified atom stereocenters. The van der Waals surface area contributed by atoms with E-state index in [2.05, 4.69) is 24.1 Å². The maximum absolute atomic E-state index is 11.1. The number of carbonyl (C=O) groups is 1. The number of hydrogen-bond donors (Lipinski definition) is 0. The minimum Gasteiger partial charge on any atom is -0.306 e. The normalized spacial score (nSPS) is 21.2. The summed E-state index contributed by atoms with van der Waals surface area (Å²) in [6, 6.07) is 8.07. The van der Waals surface area contributed by atoms with Crippen molar-refractivity contribution in [2.24, 2.45) is 5.92 Å². The quantitative estimate of drug-likeness (QED) is 0.725. The van der Waals surface area contributed by atoms with Gasteiger partial charge in [-0.15, -0.1) is 0 Å². The zero-order valence-corrected chi connectivity index (χ0v) is 10.1. The average molecular weight is 217 g/mol. The van der Waals surface area contributed by atoms with Gasteiger partial charge in [0.1, 0.15) is 0 Å². The highest BCUT2D eigenvalue weighted by Gasteiger charge is 2.19. The van der Waals surface area contributed by atoms with Crippen LogP contribution >= 0.6 is 0 Å². The number of benzene rings is 1. The van der Waals surface area contributed by atoms with E-state index >= 15 is 0 Å². The van der Waals surface area contributed by atoms with E-state index in [0.717, 1.165) is 17.9 Å². The van der Waals surface area contributed by atoms with Crippen molar-refractivity contribution in [2.75, 3.05) is 20.1 Å². The molecule has 0 N–H and O–H groups in total. The molecule has 16 heavy (non-hydrogen) atoms. The van der Waals surface area contributed by atoms with Crippen molar-refractivity contribution in [3.63, 3.8) is 0 Å². The SMILES string of the molecule is CC(=O)c1ccc(CC2CCN(C)C2)cc1. The first kappa shape index (κ1) is 11.3. The maximum atomic E-state index is 11.1. The lowest BCUT2D eigenvalue weighted by Crippen LogP contribution is -2.14. The van der Waals surface area contributed by atoms with Crippen LogP contribution in [0.2, 0.25) is 0 Å². The van der Waals surface area contributed by atoms with Gasteiger partial charge in [-0.25, -0.2) is 0 Å². The lowest BCUT2D eigenvalue weighted by molar-refractivity contribution is 0.101. The standard InChI is InChI=1S/C14H19NO/c1-11(16)14-5-3-12(4-6-14)9-13-7-8-15(2)10-13/h3-6,13H,7-10H2,1-2H3. The molecule has 1 aliphatic heterocycles. The van der Waals surface area contributed by atoms with Crippen LogP contribution in [0.5, 0.6) is 0 Å². The summed E-state index contributed by atoms with van der Waals surface area (Å²) in [5, 5.41) is 0. The Morgan fingerprint density at radius 2 is 2.06 bits per heavy atom. The highest BCUT2D eigenvalue weighted by Crippen LogP contribution is 2.19. The third-order valence-corrected chi connectivity index (χ3v) is 3.37. The largest absolute Gasteiger partial charge is 0.306 e.